The maximum absolute atomic E-state index is 11.6. The van der Waals surface area contributed by atoms with Crippen molar-refractivity contribution in [3.05, 3.63) is 12.2 Å². The number of rotatable bonds is 5. The highest BCUT2D eigenvalue weighted by Crippen LogP contribution is 1.94. The summed E-state index contributed by atoms with van der Waals surface area (Å²) in [5.41, 5.74) is 0. The van der Waals surface area contributed by atoms with E-state index in [4.69, 9.17) is 0 Å². The Hall–Kier alpha value is -1.43. The minimum atomic E-state index is 0.0418. The first kappa shape index (κ1) is 11.6. The molecule has 0 aliphatic heterocycles. The Morgan fingerprint density at radius 1 is 1.67 bits per heavy atom. The zero-order chi connectivity index (χ0) is 11.3. The molecule has 0 spiro atoms. The molecule has 0 saturated carbocycles. The van der Waals surface area contributed by atoms with E-state index in [0.29, 0.717) is 25.0 Å². The minimum Gasteiger partial charge on any atom is -0.337 e. The topological polar surface area (TPSA) is 73.9 Å². The Balaban J connectivity index is 2.33. The number of nitrogens with zero attached hydrogens (tertiary/aromatic N) is 3. The second-order valence-electron chi connectivity index (χ2n) is 3.72. The number of amides is 1. The van der Waals surface area contributed by atoms with E-state index in [0.717, 1.165) is 0 Å². The molecule has 0 atom stereocenters. The summed E-state index contributed by atoms with van der Waals surface area (Å²) in [6.45, 7) is 4.81. The van der Waals surface area contributed by atoms with E-state index in [2.05, 4.69) is 20.5 Å². The van der Waals surface area contributed by atoms with Crippen LogP contribution in [0.4, 0.5) is 0 Å². The van der Waals surface area contributed by atoms with Gasteiger partial charge >= 0.3 is 0 Å². The standard InChI is InChI=1S/C9H17N5O/c1-7(2)10-4-9(15)14(3)5-8-11-6-12-13-8/h6-7,10H,4-5H2,1-3H3,(H,11,12,13). The van der Waals surface area contributed by atoms with Gasteiger partial charge in [0.05, 0.1) is 13.1 Å². The van der Waals surface area contributed by atoms with Gasteiger partial charge < -0.3 is 10.2 Å². The van der Waals surface area contributed by atoms with E-state index < -0.39 is 0 Å². The van der Waals surface area contributed by atoms with E-state index >= 15 is 0 Å². The van der Waals surface area contributed by atoms with Crippen molar-refractivity contribution in [3.8, 4) is 0 Å². The molecule has 0 radical (unpaired) electrons. The molecule has 84 valence electrons. The Bertz CT molecular complexity index is 295. The van der Waals surface area contributed by atoms with Crippen LogP contribution in [0.3, 0.4) is 0 Å². The fraction of sp³-hybridized carbons (Fsp3) is 0.667. The summed E-state index contributed by atoms with van der Waals surface area (Å²) in [7, 11) is 1.74. The van der Waals surface area contributed by atoms with Gasteiger partial charge in [0, 0.05) is 13.1 Å². The molecule has 15 heavy (non-hydrogen) atoms. The summed E-state index contributed by atoms with van der Waals surface area (Å²) in [6.07, 6.45) is 1.43. The zero-order valence-electron chi connectivity index (χ0n) is 9.32. The maximum atomic E-state index is 11.6. The van der Waals surface area contributed by atoms with Crippen LogP contribution < -0.4 is 5.32 Å². The maximum Gasteiger partial charge on any atom is 0.236 e. The van der Waals surface area contributed by atoms with Crippen molar-refractivity contribution in [2.75, 3.05) is 13.6 Å². The number of nitrogens with one attached hydrogen (secondary N) is 2. The molecule has 0 saturated heterocycles. The van der Waals surface area contributed by atoms with Crippen molar-refractivity contribution in [1.82, 2.24) is 25.4 Å². The van der Waals surface area contributed by atoms with Crippen LogP contribution in [0.2, 0.25) is 0 Å². The van der Waals surface area contributed by atoms with Gasteiger partial charge in [-0.3, -0.25) is 9.89 Å². The van der Waals surface area contributed by atoms with Gasteiger partial charge in [0.2, 0.25) is 5.91 Å². The molecule has 1 amide bonds. The Kier molecular flexibility index (Phi) is 4.23. The summed E-state index contributed by atoms with van der Waals surface area (Å²) in [5, 5.41) is 9.50. The predicted octanol–water partition coefficient (Wildman–Crippen LogP) is -0.239. The molecular formula is C9H17N5O. The summed E-state index contributed by atoms with van der Waals surface area (Å²) < 4.78 is 0. The number of H-pyrrole nitrogens is 1. The predicted molar refractivity (Wildman–Crippen MR) is 56.0 cm³/mol. The van der Waals surface area contributed by atoms with Crippen LogP contribution in [0.1, 0.15) is 19.7 Å². The largest absolute Gasteiger partial charge is 0.337 e. The first-order valence-corrected chi connectivity index (χ1v) is 4.91. The van der Waals surface area contributed by atoms with E-state index in [1.54, 1.807) is 11.9 Å². The second-order valence-corrected chi connectivity index (χ2v) is 3.72. The fourth-order valence-electron chi connectivity index (χ4n) is 1.05. The average Bonchev–Trinajstić information content (AvgIpc) is 2.66. The van der Waals surface area contributed by atoms with Crippen molar-refractivity contribution in [2.45, 2.75) is 26.4 Å². The number of hydrogen-bond donors (Lipinski definition) is 2. The first-order valence-electron chi connectivity index (χ1n) is 4.91. The highest BCUT2D eigenvalue weighted by atomic mass is 16.2. The van der Waals surface area contributed by atoms with Crippen LogP contribution in [0.5, 0.6) is 0 Å². The third-order valence-electron chi connectivity index (χ3n) is 1.94. The third kappa shape index (κ3) is 4.07. The summed E-state index contributed by atoms with van der Waals surface area (Å²) in [6, 6.07) is 0.313. The lowest BCUT2D eigenvalue weighted by Gasteiger charge is -2.16. The summed E-state index contributed by atoms with van der Waals surface area (Å²) in [4.78, 5) is 17.1. The molecule has 0 fully saturated rings. The highest BCUT2D eigenvalue weighted by molar-refractivity contribution is 5.77. The lowest BCUT2D eigenvalue weighted by atomic mass is 10.4. The molecule has 6 heteroatoms. The fourth-order valence-corrected chi connectivity index (χ4v) is 1.05. The molecule has 0 unspecified atom stereocenters. The van der Waals surface area contributed by atoms with Crippen molar-refractivity contribution in [3.63, 3.8) is 0 Å². The summed E-state index contributed by atoms with van der Waals surface area (Å²) >= 11 is 0. The normalized spacial score (nSPS) is 10.7. The second kappa shape index (κ2) is 5.45. The Morgan fingerprint density at radius 2 is 2.40 bits per heavy atom. The van der Waals surface area contributed by atoms with Gasteiger partial charge in [0.25, 0.3) is 0 Å². The van der Waals surface area contributed by atoms with E-state index in [1.807, 2.05) is 13.8 Å². The van der Waals surface area contributed by atoms with Crippen molar-refractivity contribution in [2.24, 2.45) is 0 Å². The van der Waals surface area contributed by atoms with Crippen LogP contribution in [0.25, 0.3) is 0 Å². The Labute approximate surface area is 89.1 Å². The number of carbonyl (C=O) groups is 1. The molecule has 1 aromatic heterocycles. The molecule has 1 aromatic rings. The van der Waals surface area contributed by atoms with Gasteiger partial charge in [-0.15, -0.1) is 0 Å². The van der Waals surface area contributed by atoms with Gasteiger partial charge in [0.15, 0.2) is 0 Å². The van der Waals surface area contributed by atoms with Gasteiger partial charge in [-0.25, -0.2) is 4.98 Å². The minimum absolute atomic E-state index is 0.0418. The van der Waals surface area contributed by atoms with Crippen LogP contribution in [0.15, 0.2) is 6.33 Å². The molecule has 0 aliphatic rings. The molecule has 1 heterocycles. The SMILES string of the molecule is CC(C)NCC(=O)N(C)Cc1ncn[nH]1. The van der Waals surface area contributed by atoms with Gasteiger partial charge in [-0.2, -0.15) is 5.10 Å². The molecule has 1 rings (SSSR count). The monoisotopic (exact) mass is 211 g/mol. The van der Waals surface area contributed by atoms with Crippen LogP contribution >= 0.6 is 0 Å². The van der Waals surface area contributed by atoms with Gasteiger partial charge in [-0.1, -0.05) is 13.8 Å². The lowest BCUT2D eigenvalue weighted by Crippen LogP contribution is -2.37. The van der Waals surface area contributed by atoms with E-state index in [1.165, 1.54) is 6.33 Å². The first-order chi connectivity index (χ1) is 7.09. The Morgan fingerprint density at radius 3 is 2.93 bits per heavy atom. The molecule has 0 bridgehead atoms. The quantitative estimate of drug-likeness (QED) is 0.705. The van der Waals surface area contributed by atoms with E-state index in [9.17, 15) is 4.79 Å². The number of hydrogen-bond acceptors (Lipinski definition) is 4. The van der Waals surface area contributed by atoms with Crippen LogP contribution in [0, 0.1) is 0 Å². The van der Waals surface area contributed by atoms with Crippen molar-refractivity contribution < 1.29 is 4.79 Å². The lowest BCUT2D eigenvalue weighted by molar-refractivity contribution is -0.129. The third-order valence-corrected chi connectivity index (χ3v) is 1.94. The number of carbonyl (C=O) groups excluding carboxylic acids is 1. The van der Waals surface area contributed by atoms with Crippen molar-refractivity contribution >= 4 is 5.91 Å². The van der Waals surface area contributed by atoms with Gasteiger partial charge in [0.1, 0.15) is 12.2 Å². The van der Waals surface area contributed by atoms with Crippen LogP contribution in [-0.2, 0) is 11.3 Å². The molecular weight excluding hydrogens is 194 g/mol. The molecule has 0 aromatic carbocycles. The molecule has 2 N–H and O–H groups in total. The zero-order valence-corrected chi connectivity index (χ0v) is 9.32. The van der Waals surface area contributed by atoms with Crippen molar-refractivity contribution in [1.29, 1.82) is 0 Å². The molecule has 6 nitrogen and oxygen atoms in total. The summed E-state index contributed by atoms with van der Waals surface area (Å²) in [5.74, 6) is 0.732. The number of likely N-dealkylation sites (N-methyl/N-ethyl adjacent to an activating group) is 1. The average molecular weight is 211 g/mol. The molecule has 0 aliphatic carbocycles. The number of aromatic amines is 1. The highest BCUT2D eigenvalue weighted by Gasteiger charge is 2.10. The number of aromatic nitrogens is 3. The van der Waals surface area contributed by atoms with Gasteiger partial charge in [-0.05, 0) is 0 Å². The van der Waals surface area contributed by atoms with E-state index in [-0.39, 0.29) is 5.91 Å². The smallest absolute Gasteiger partial charge is 0.236 e. The van der Waals surface area contributed by atoms with Crippen LogP contribution in [-0.4, -0.2) is 45.6 Å².